The number of fused-ring (bicyclic) bond motifs is 3. The van der Waals surface area contributed by atoms with Gasteiger partial charge in [0.25, 0.3) is 0 Å². The van der Waals surface area contributed by atoms with E-state index in [1.807, 2.05) is 20.8 Å². The molecular formula is C29H36O9. The number of hydrogen-bond donors (Lipinski definition) is 5. The second-order valence-corrected chi connectivity index (χ2v) is 9.65. The molecule has 0 radical (unpaired) electrons. The fraction of sp³-hybridized carbons (Fsp3) is 0.483. The number of aliphatic hydroxyl groups excluding tert-OH is 3. The Hall–Kier alpha value is -3.11. The summed E-state index contributed by atoms with van der Waals surface area (Å²) < 4.78 is 5.21. The van der Waals surface area contributed by atoms with Crippen LogP contribution in [0.5, 0.6) is 11.5 Å². The van der Waals surface area contributed by atoms with Crippen molar-refractivity contribution in [2.24, 2.45) is 11.8 Å². The zero-order chi connectivity index (χ0) is 28.3. The Labute approximate surface area is 221 Å². The van der Waals surface area contributed by atoms with Crippen LogP contribution in [0.25, 0.3) is 0 Å². The fourth-order valence-electron chi connectivity index (χ4n) is 5.21. The summed E-state index contributed by atoms with van der Waals surface area (Å²) in [5.74, 6) is -3.15. The van der Waals surface area contributed by atoms with Crippen LogP contribution < -0.4 is 0 Å². The summed E-state index contributed by atoms with van der Waals surface area (Å²) in [6, 6.07) is 6.09. The molecule has 2 aliphatic carbocycles. The monoisotopic (exact) mass is 528 g/mol. The molecule has 0 amide bonds. The van der Waals surface area contributed by atoms with Crippen molar-refractivity contribution in [3.63, 3.8) is 0 Å². The molecule has 1 aliphatic heterocycles. The standard InChI is InChI=1S/C20H16O7.C7H14O2.C2H6/c21-7-13(23)8-5-11-14(12(22)6-8)20(27)16-15(19(11)26)17(24)9-3-1-2-4-10(9)18(16)25;1-5-3-4-9-6(2)7(5)8;1-2/h1-4,8,12,21-22,26-27H,5-7H2;5-8H,3-4H2,1-2H3;1-2H3/t8?,12-;5?,6?,7-;/m01./s1. The number of phenolic OH excluding ortho intramolecular Hbond substituents is 2. The first-order chi connectivity index (χ1) is 18.1. The Morgan fingerprint density at radius 3 is 2.03 bits per heavy atom. The highest BCUT2D eigenvalue weighted by molar-refractivity contribution is 6.30. The van der Waals surface area contributed by atoms with Gasteiger partial charge in [0.2, 0.25) is 0 Å². The largest absolute Gasteiger partial charge is 0.507 e. The molecule has 0 bridgehead atoms. The summed E-state index contributed by atoms with van der Waals surface area (Å²) >= 11 is 0. The first kappa shape index (κ1) is 29.4. The molecule has 9 heteroatoms. The lowest BCUT2D eigenvalue weighted by Gasteiger charge is -2.31. The molecule has 5 rings (SSSR count). The summed E-state index contributed by atoms with van der Waals surface area (Å²) in [4.78, 5) is 37.6. The molecule has 1 fully saturated rings. The first-order valence-electron chi connectivity index (χ1n) is 13.0. The van der Waals surface area contributed by atoms with Crippen LogP contribution in [0.4, 0.5) is 0 Å². The van der Waals surface area contributed by atoms with Gasteiger partial charge in [0.1, 0.15) is 18.1 Å². The lowest BCUT2D eigenvalue weighted by molar-refractivity contribution is -0.127. The molecule has 5 atom stereocenters. The lowest BCUT2D eigenvalue weighted by Crippen LogP contribution is -2.37. The molecule has 3 unspecified atom stereocenters. The number of rotatable bonds is 2. The van der Waals surface area contributed by atoms with Crippen LogP contribution in [0.3, 0.4) is 0 Å². The van der Waals surface area contributed by atoms with Crippen molar-refractivity contribution in [2.75, 3.05) is 13.2 Å². The highest BCUT2D eigenvalue weighted by Gasteiger charge is 2.42. The van der Waals surface area contributed by atoms with Crippen molar-refractivity contribution in [2.45, 2.75) is 65.3 Å². The molecule has 2 aromatic rings. The molecule has 9 nitrogen and oxygen atoms in total. The second-order valence-electron chi connectivity index (χ2n) is 9.65. The summed E-state index contributed by atoms with van der Waals surface area (Å²) in [6.45, 7) is 8.07. The van der Waals surface area contributed by atoms with Gasteiger partial charge in [-0.15, -0.1) is 0 Å². The summed E-state index contributed by atoms with van der Waals surface area (Å²) in [5.41, 5.74) is -0.418. The van der Waals surface area contributed by atoms with Crippen LogP contribution >= 0.6 is 0 Å². The Balaban J connectivity index is 0.000000307. The predicted molar refractivity (Wildman–Crippen MR) is 138 cm³/mol. The molecule has 0 spiro atoms. The van der Waals surface area contributed by atoms with Gasteiger partial charge in [-0.25, -0.2) is 0 Å². The molecule has 5 N–H and O–H groups in total. The van der Waals surface area contributed by atoms with Gasteiger partial charge in [-0.3, -0.25) is 14.4 Å². The Morgan fingerprint density at radius 1 is 0.974 bits per heavy atom. The van der Waals surface area contributed by atoms with Crippen molar-refractivity contribution < 1.29 is 44.7 Å². The zero-order valence-electron chi connectivity index (χ0n) is 22.1. The zero-order valence-corrected chi connectivity index (χ0v) is 22.1. The summed E-state index contributed by atoms with van der Waals surface area (Å²) in [7, 11) is 0. The van der Waals surface area contributed by atoms with Crippen LogP contribution in [0.1, 0.15) is 89.6 Å². The molecule has 1 heterocycles. The first-order valence-corrected chi connectivity index (χ1v) is 13.0. The SMILES string of the molecule is CC.CC1CCOC(C)[C@@H]1O.O=C1c2ccccc2C(=O)c2c(O)c3c(c(O)c21)CC(C(=O)CO)C[C@@H]3O. The van der Waals surface area contributed by atoms with Gasteiger partial charge in [-0.1, -0.05) is 45.0 Å². The molecule has 1 saturated heterocycles. The molecule has 2 aromatic carbocycles. The molecular weight excluding hydrogens is 492 g/mol. The maximum Gasteiger partial charge on any atom is 0.198 e. The average Bonchev–Trinajstić information content (AvgIpc) is 2.92. The quantitative estimate of drug-likeness (QED) is 0.315. The van der Waals surface area contributed by atoms with Gasteiger partial charge >= 0.3 is 0 Å². The van der Waals surface area contributed by atoms with Gasteiger partial charge in [0.05, 0.1) is 29.4 Å². The van der Waals surface area contributed by atoms with E-state index in [9.17, 15) is 34.8 Å². The highest BCUT2D eigenvalue weighted by atomic mass is 16.5. The average molecular weight is 529 g/mol. The van der Waals surface area contributed by atoms with E-state index in [2.05, 4.69) is 6.92 Å². The van der Waals surface area contributed by atoms with Crippen LogP contribution in [-0.4, -0.2) is 68.3 Å². The molecule has 0 aromatic heterocycles. The van der Waals surface area contributed by atoms with Crippen LogP contribution in [0, 0.1) is 11.8 Å². The normalized spacial score (nSPS) is 25.5. The van der Waals surface area contributed by atoms with Gasteiger partial charge in [0.15, 0.2) is 17.3 Å². The van der Waals surface area contributed by atoms with Crippen molar-refractivity contribution >= 4 is 17.3 Å². The Morgan fingerprint density at radius 2 is 1.53 bits per heavy atom. The summed E-state index contributed by atoms with van der Waals surface area (Å²) in [5, 5.41) is 50.3. The van der Waals surface area contributed by atoms with E-state index in [0.717, 1.165) is 13.0 Å². The number of hydrogen-bond acceptors (Lipinski definition) is 9. The second kappa shape index (κ2) is 12.2. The minimum Gasteiger partial charge on any atom is -0.507 e. The van der Waals surface area contributed by atoms with Crippen molar-refractivity contribution in [1.82, 2.24) is 0 Å². The minimum absolute atomic E-state index is 0.0359. The van der Waals surface area contributed by atoms with E-state index in [-0.39, 0.29) is 58.4 Å². The van der Waals surface area contributed by atoms with Gasteiger partial charge < -0.3 is 30.3 Å². The number of carbonyl (C=O) groups excluding carboxylic acids is 3. The third-order valence-electron chi connectivity index (χ3n) is 7.38. The number of ketones is 3. The predicted octanol–water partition coefficient (Wildman–Crippen LogP) is 2.85. The summed E-state index contributed by atoms with van der Waals surface area (Å²) in [6.07, 6.45) is -0.651. The molecule has 3 aliphatic rings. The lowest BCUT2D eigenvalue weighted by atomic mass is 9.74. The number of aliphatic hydroxyl groups is 3. The maximum absolute atomic E-state index is 12.9. The number of aromatic hydroxyl groups is 2. The van der Waals surface area contributed by atoms with Crippen molar-refractivity contribution in [1.29, 1.82) is 0 Å². The maximum atomic E-state index is 12.9. The Kier molecular flexibility index (Phi) is 9.43. The number of Topliss-reactive ketones (excluding diaryl/α,β-unsaturated/α-hetero) is 1. The fourth-order valence-corrected chi connectivity index (χ4v) is 5.21. The molecule has 38 heavy (non-hydrogen) atoms. The van der Waals surface area contributed by atoms with Gasteiger partial charge in [-0.05, 0) is 32.1 Å². The van der Waals surface area contributed by atoms with E-state index < -0.39 is 47.5 Å². The minimum atomic E-state index is -1.31. The van der Waals surface area contributed by atoms with Gasteiger partial charge in [-0.2, -0.15) is 0 Å². The highest BCUT2D eigenvalue weighted by Crippen LogP contribution is 2.49. The van der Waals surface area contributed by atoms with E-state index in [1.165, 1.54) is 12.1 Å². The number of benzene rings is 2. The number of carbonyl (C=O) groups is 3. The van der Waals surface area contributed by atoms with Crippen molar-refractivity contribution in [3.8, 4) is 11.5 Å². The molecule has 206 valence electrons. The van der Waals surface area contributed by atoms with Crippen LogP contribution in [0.2, 0.25) is 0 Å². The van der Waals surface area contributed by atoms with Crippen LogP contribution in [0.15, 0.2) is 24.3 Å². The third-order valence-corrected chi connectivity index (χ3v) is 7.38. The third kappa shape index (κ3) is 5.24. The van der Waals surface area contributed by atoms with E-state index in [1.54, 1.807) is 12.1 Å². The Bertz CT molecular complexity index is 1210. The van der Waals surface area contributed by atoms with E-state index in [0.29, 0.717) is 5.92 Å². The number of phenols is 2. The van der Waals surface area contributed by atoms with Crippen LogP contribution in [-0.2, 0) is 16.0 Å². The molecule has 0 saturated carbocycles. The van der Waals surface area contributed by atoms with Gasteiger partial charge in [0, 0.05) is 34.8 Å². The number of ether oxygens (including phenoxy) is 1. The topological polar surface area (TPSA) is 162 Å². The van der Waals surface area contributed by atoms with E-state index >= 15 is 0 Å². The smallest absolute Gasteiger partial charge is 0.198 e. The van der Waals surface area contributed by atoms with Crippen molar-refractivity contribution in [3.05, 3.63) is 57.6 Å². The van der Waals surface area contributed by atoms with E-state index in [4.69, 9.17) is 9.84 Å².